The molecule has 13 heavy (non-hydrogen) atoms. The molecule has 0 unspecified atom stereocenters. The van der Waals surface area contributed by atoms with E-state index in [0.717, 1.165) is 5.32 Å². The van der Waals surface area contributed by atoms with Crippen LogP contribution in [0.4, 0.5) is 13.2 Å². The highest BCUT2D eigenvalue weighted by Crippen LogP contribution is 2.13. The number of carboxylic acids is 1. The molecule has 74 valence electrons. The molecule has 0 aromatic heterocycles. The lowest BCUT2D eigenvalue weighted by Gasteiger charge is -2.06. The van der Waals surface area contributed by atoms with Crippen LogP contribution in [-0.4, -0.2) is 30.4 Å². The molecule has 1 amide bonds. The molecule has 0 spiro atoms. The van der Waals surface area contributed by atoms with Crippen molar-refractivity contribution in [3.8, 4) is 0 Å². The second-order valence-electron chi connectivity index (χ2n) is 1.89. The van der Waals surface area contributed by atoms with Gasteiger partial charge in [0.25, 0.3) is 0 Å². The first-order chi connectivity index (χ1) is 5.75. The maximum Gasteiger partial charge on any atom is 0.471 e. The summed E-state index contributed by atoms with van der Waals surface area (Å²) in [6, 6.07) is 0. The maximum atomic E-state index is 11.4. The van der Waals surface area contributed by atoms with Crippen LogP contribution in [0.25, 0.3) is 0 Å². The van der Waals surface area contributed by atoms with Gasteiger partial charge in [-0.1, -0.05) is 0 Å². The zero-order valence-corrected chi connectivity index (χ0v) is 5.97. The van der Waals surface area contributed by atoms with Gasteiger partial charge in [-0.05, 0) is 0 Å². The molecular weight excluding hydrogens is 195 g/mol. The predicted molar refractivity (Wildman–Crippen MR) is 29.1 cm³/mol. The van der Waals surface area contributed by atoms with Gasteiger partial charge in [0.1, 0.15) is 5.97 Å². The monoisotopic (exact) mass is 198 g/mol. The number of aliphatic carboxylic acids is 1. The first-order valence-corrected chi connectivity index (χ1v) is 2.84. The SMILES string of the molecule is O=C([O-])C(=O)CNC(=O)C(F)(F)F. The maximum absolute atomic E-state index is 11.4. The van der Waals surface area contributed by atoms with Crippen molar-refractivity contribution in [2.45, 2.75) is 6.18 Å². The second kappa shape index (κ2) is 3.87. The number of alkyl halides is 3. The summed E-state index contributed by atoms with van der Waals surface area (Å²) in [5.41, 5.74) is 0. The average molecular weight is 198 g/mol. The molecule has 0 aromatic rings. The van der Waals surface area contributed by atoms with Crippen molar-refractivity contribution in [2.24, 2.45) is 0 Å². The molecule has 0 bridgehead atoms. The van der Waals surface area contributed by atoms with Crippen LogP contribution in [0.15, 0.2) is 0 Å². The highest BCUT2D eigenvalue weighted by atomic mass is 19.4. The Kier molecular flexibility index (Phi) is 3.40. The van der Waals surface area contributed by atoms with E-state index in [9.17, 15) is 32.7 Å². The van der Waals surface area contributed by atoms with Crippen molar-refractivity contribution < 1.29 is 32.7 Å². The molecule has 0 fully saturated rings. The lowest BCUT2D eigenvalue weighted by Crippen LogP contribution is -2.44. The molecule has 0 heterocycles. The van der Waals surface area contributed by atoms with Crippen LogP contribution >= 0.6 is 0 Å². The fraction of sp³-hybridized carbons (Fsp3) is 0.400. The average Bonchev–Trinajstić information content (AvgIpc) is 1.97. The third-order valence-corrected chi connectivity index (χ3v) is 0.895. The molecule has 0 radical (unpaired) electrons. The van der Waals surface area contributed by atoms with Crippen LogP contribution < -0.4 is 10.4 Å². The standard InChI is InChI=1S/C5H4F3NO4/c6-5(7,8)4(13)9-1-2(10)3(11)12/h1H2,(H,9,13)(H,11,12)/p-1. The Hall–Kier alpha value is -1.60. The Morgan fingerprint density at radius 1 is 1.23 bits per heavy atom. The molecule has 0 saturated carbocycles. The highest BCUT2D eigenvalue weighted by molar-refractivity contribution is 6.32. The number of halogens is 3. The third-order valence-electron chi connectivity index (χ3n) is 0.895. The van der Waals surface area contributed by atoms with E-state index >= 15 is 0 Å². The smallest absolute Gasteiger partial charge is 0.471 e. The molecule has 5 nitrogen and oxygen atoms in total. The molecule has 1 N–H and O–H groups in total. The van der Waals surface area contributed by atoms with Crippen molar-refractivity contribution in [1.29, 1.82) is 0 Å². The molecule has 0 aliphatic heterocycles. The zero-order valence-electron chi connectivity index (χ0n) is 5.97. The van der Waals surface area contributed by atoms with Crippen molar-refractivity contribution in [3.05, 3.63) is 0 Å². The summed E-state index contributed by atoms with van der Waals surface area (Å²) >= 11 is 0. The Morgan fingerprint density at radius 3 is 2.00 bits per heavy atom. The summed E-state index contributed by atoms with van der Waals surface area (Å²) in [6.45, 7) is -1.24. The van der Waals surface area contributed by atoms with Crippen molar-refractivity contribution >= 4 is 17.7 Å². The van der Waals surface area contributed by atoms with E-state index in [2.05, 4.69) is 0 Å². The van der Waals surface area contributed by atoms with E-state index in [1.807, 2.05) is 0 Å². The van der Waals surface area contributed by atoms with E-state index in [0.29, 0.717) is 0 Å². The number of carboxylic acid groups (broad SMARTS) is 1. The zero-order chi connectivity index (χ0) is 10.6. The van der Waals surface area contributed by atoms with E-state index in [4.69, 9.17) is 0 Å². The van der Waals surface area contributed by atoms with Gasteiger partial charge in [-0.3, -0.25) is 9.59 Å². The van der Waals surface area contributed by atoms with Crippen molar-refractivity contribution in [2.75, 3.05) is 6.54 Å². The summed E-state index contributed by atoms with van der Waals surface area (Å²) in [6.07, 6.45) is -5.13. The molecule has 0 aromatic carbocycles. The number of rotatable bonds is 3. The number of hydrogen-bond donors (Lipinski definition) is 1. The van der Waals surface area contributed by atoms with Gasteiger partial charge in [-0.15, -0.1) is 0 Å². The van der Waals surface area contributed by atoms with Gasteiger partial charge in [0.15, 0.2) is 5.78 Å². The van der Waals surface area contributed by atoms with Gasteiger partial charge in [0, 0.05) is 0 Å². The van der Waals surface area contributed by atoms with E-state index < -0.39 is 30.4 Å². The van der Waals surface area contributed by atoms with Gasteiger partial charge >= 0.3 is 12.1 Å². The van der Waals surface area contributed by atoms with Crippen LogP contribution in [0.3, 0.4) is 0 Å². The minimum atomic E-state index is -5.13. The topological polar surface area (TPSA) is 86.3 Å². The number of ketones is 1. The quantitative estimate of drug-likeness (QED) is 0.530. The molecule has 0 aliphatic carbocycles. The molecule has 8 heteroatoms. The van der Waals surface area contributed by atoms with Crippen LogP contribution in [0.1, 0.15) is 0 Å². The Morgan fingerprint density at radius 2 is 1.69 bits per heavy atom. The summed E-state index contributed by atoms with van der Waals surface area (Å²) in [4.78, 5) is 29.8. The lowest BCUT2D eigenvalue weighted by molar-refractivity contribution is -0.299. The fourth-order valence-electron chi connectivity index (χ4n) is 0.333. The van der Waals surface area contributed by atoms with Gasteiger partial charge < -0.3 is 15.2 Å². The summed E-state index contributed by atoms with van der Waals surface area (Å²) in [7, 11) is 0. The number of carbonyl (C=O) groups excluding carboxylic acids is 3. The Balaban J connectivity index is 3.99. The normalized spacial score (nSPS) is 10.7. The highest BCUT2D eigenvalue weighted by Gasteiger charge is 2.38. The minimum absolute atomic E-state index is 1.07. The largest absolute Gasteiger partial charge is 0.542 e. The van der Waals surface area contributed by atoms with E-state index in [-0.39, 0.29) is 0 Å². The molecule has 0 rings (SSSR count). The van der Waals surface area contributed by atoms with Crippen LogP contribution in [0.5, 0.6) is 0 Å². The van der Waals surface area contributed by atoms with Crippen molar-refractivity contribution in [3.63, 3.8) is 0 Å². The first kappa shape index (κ1) is 11.4. The van der Waals surface area contributed by atoms with E-state index in [1.165, 1.54) is 0 Å². The Bertz CT molecular complexity index is 247. The van der Waals surface area contributed by atoms with Crippen LogP contribution in [0.2, 0.25) is 0 Å². The van der Waals surface area contributed by atoms with Gasteiger partial charge in [0.05, 0.1) is 6.54 Å². The molecular formula is C5H3F3NO4-. The molecule has 0 atom stereocenters. The Labute approximate surface area is 69.5 Å². The number of Topliss-reactive ketones (excluding diaryl/α,β-unsaturated/α-hetero) is 1. The molecule has 0 saturated heterocycles. The fourth-order valence-corrected chi connectivity index (χ4v) is 0.333. The number of carbonyl (C=O) groups is 3. The number of amides is 1. The van der Waals surface area contributed by atoms with Crippen LogP contribution in [0, 0.1) is 0 Å². The van der Waals surface area contributed by atoms with Gasteiger partial charge in [-0.2, -0.15) is 13.2 Å². The molecule has 0 aliphatic rings. The van der Waals surface area contributed by atoms with Gasteiger partial charge in [0.2, 0.25) is 0 Å². The minimum Gasteiger partial charge on any atom is -0.542 e. The van der Waals surface area contributed by atoms with E-state index in [1.54, 1.807) is 0 Å². The van der Waals surface area contributed by atoms with Crippen molar-refractivity contribution in [1.82, 2.24) is 5.32 Å². The summed E-state index contributed by atoms with van der Waals surface area (Å²) < 4.78 is 34.2. The number of hydrogen-bond acceptors (Lipinski definition) is 4. The first-order valence-electron chi connectivity index (χ1n) is 2.84. The van der Waals surface area contributed by atoms with Gasteiger partial charge in [-0.25, -0.2) is 0 Å². The predicted octanol–water partition coefficient (Wildman–Crippen LogP) is -2.02. The lowest BCUT2D eigenvalue weighted by atomic mass is 10.4. The second-order valence-corrected chi connectivity index (χ2v) is 1.89. The van der Waals surface area contributed by atoms with Crippen LogP contribution in [-0.2, 0) is 14.4 Å². The number of nitrogens with one attached hydrogen (secondary N) is 1. The summed E-state index contributed by atoms with van der Waals surface area (Å²) in [5, 5.41) is 10.7. The summed E-state index contributed by atoms with van der Waals surface area (Å²) in [5.74, 6) is -6.15. The third kappa shape index (κ3) is 4.09.